The molecule has 17 heavy (non-hydrogen) atoms. The molecule has 4 heteroatoms. The Labute approximate surface area is 110 Å². The third-order valence-electron chi connectivity index (χ3n) is 2.73. The van der Waals surface area contributed by atoms with Gasteiger partial charge in [0.1, 0.15) is 0 Å². The number of aromatic nitrogens is 2. The average Bonchev–Trinajstić information content (AvgIpc) is 2.62. The molecule has 0 unspecified atom stereocenters. The van der Waals surface area contributed by atoms with Crippen LogP contribution in [-0.2, 0) is 13.6 Å². The van der Waals surface area contributed by atoms with E-state index < -0.39 is 0 Å². The first-order chi connectivity index (χ1) is 8.06. The van der Waals surface area contributed by atoms with Crippen LogP contribution in [0.1, 0.15) is 16.7 Å². The maximum atomic E-state index is 4.16. The molecule has 90 valence electrons. The molecule has 0 spiro atoms. The molecule has 1 heterocycles. The molecule has 3 nitrogen and oxygen atoms in total. The Morgan fingerprint density at radius 2 is 1.94 bits per heavy atom. The van der Waals surface area contributed by atoms with Gasteiger partial charge in [0, 0.05) is 35.5 Å². The number of hydrogen-bond acceptors (Lipinski definition) is 2. The zero-order chi connectivity index (χ0) is 12.4. The minimum atomic E-state index is 0.803. The Hall–Kier alpha value is -1.29. The van der Waals surface area contributed by atoms with E-state index in [1.54, 1.807) is 0 Å². The van der Waals surface area contributed by atoms with Crippen LogP contribution < -0.4 is 5.32 Å². The highest BCUT2D eigenvalue weighted by molar-refractivity contribution is 9.10. The molecule has 0 radical (unpaired) electrons. The van der Waals surface area contributed by atoms with E-state index >= 15 is 0 Å². The molecule has 0 atom stereocenters. The van der Waals surface area contributed by atoms with Gasteiger partial charge < -0.3 is 5.32 Å². The van der Waals surface area contributed by atoms with Gasteiger partial charge in [0.05, 0.1) is 6.20 Å². The average molecular weight is 294 g/mol. The Bertz CT molecular complexity index is 508. The van der Waals surface area contributed by atoms with Gasteiger partial charge in [-0.1, -0.05) is 15.9 Å². The lowest BCUT2D eigenvalue weighted by Crippen LogP contribution is -2.02. The highest BCUT2D eigenvalue weighted by Gasteiger charge is 2.04. The molecule has 1 aromatic heterocycles. The number of benzene rings is 1. The molecule has 0 fully saturated rings. The maximum absolute atomic E-state index is 4.16. The molecule has 1 N–H and O–H groups in total. The molecule has 0 aliphatic carbocycles. The number of rotatable bonds is 3. The summed E-state index contributed by atoms with van der Waals surface area (Å²) in [5, 5.41) is 7.62. The largest absolute Gasteiger partial charge is 0.380 e. The molecule has 2 aromatic rings. The van der Waals surface area contributed by atoms with Crippen molar-refractivity contribution in [2.75, 3.05) is 5.32 Å². The van der Waals surface area contributed by atoms with E-state index in [2.05, 4.69) is 52.3 Å². The topological polar surface area (TPSA) is 29.9 Å². The van der Waals surface area contributed by atoms with Gasteiger partial charge in [0.15, 0.2) is 0 Å². The van der Waals surface area contributed by atoms with E-state index in [0.29, 0.717) is 0 Å². The second-order valence-electron chi connectivity index (χ2n) is 4.29. The molecule has 2 rings (SSSR count). The predicted octanol–water partition coefficient (Wildman–Crippen LogP) is 3.41. The van der Waals surface area contributed by atoms with Crippen molar-refractivity contribution in [3.8, 4) is 0 Å². The third kappa shape index (κ3) is 2.88. The van der Waals surface area contributed by atoms with Crippen molar-refractivity contribution in [3.05, 3.63) is 45.7 Å². The Kier molecular flexibility index (Phi) is 3.52. The van der Waals surface area contributed by atoms with Gasteiger partial charge in [0.25, 0.3) is 0 Å². The summed E-state index contributed by atoms with van der Waals surface area (Å²) in [5.74, 6) is 0. The van der Waals surface area contributed by atoms with Gasteiger partial charge in [-0.3, -0.25) is 4.68 Å². The monoisotopic (exact) mass is 293 g/mol. The van der Waals surface area contributed by atoms with Crippen molar-refractivity contribution in [1.82, 2.24) is 9.78 Å². The fraction of sp³-hybridized carbons (Fsp3) is 0.308. The summed E-state index contributed by atoms with van der Waals surface area (Å²) in [4.78, 5) is 0. The normalized spacial score (nSPS) is 10.6. The minimum Gasteiger partial charge on any atom is -0.380 e. The lowest BCUT2D eigenvalue weighted by atomic mass is 10.1. The number of nitrogens with one attached hydrogen (secondary N) is 1. The fourth-order valence-corrected chi connectivity index (χ4v) is 2.63. The maximum Gasteiger partial charge on any atom is 0.0539 e. The van der Waals surface area contributed by atoms with Gasteiger partial charge in [-0.25, -0.2) is 0 Å². The lowest BCUT2D eigenvalue weighted by Gasteiger charge is -2.12. The first-order valence-corrected chi connectivity index (χ1v) is 6.33. The molecule has 0 amide bonds. The Balaban J connectivity index is 2.14. The van der Waals surface area contributed by atoms with Crippen molar-refractivity contribution in [1.29, 1.82) is 0 Å². The third-order valence-corrected chi connectivity index (χ3v) is 3.18. The van der Waals surface area contributed by atoms with Crippen LogP contribution in [0.15, 0.2) is 29.0 Å². The Morgan fingerprint density at radius 1 is 1.29 bits per heavy atom. The molecular weight excluding hydrogens is 278 g/mol. The molecule has 0 aliphatic heterocycles. The minimum absolute atomic E-state index is 0.803. The van der Waals surface area contributed by atoms with E-state index in [4.69, 9.17) is 0 Å². The van der Waals surface area contributed by atoms with Crippen molar-refractivity contribution in [2.45, 2.75) is 20.4 Å². The first-order valence-electron chi connectivity index (χ1n) is 5.54. The van der Waals surface area contributed by atoms with E-state index in [1.807, 2.05) is 24.1 Å². The smallest absolute Gasteiger partial charge is 0.0539 e. The van der Waals surface area contributed by atoms with Crippen LogP contribution in [-0.4, -0.2) is 9.78 Å². The van der Waals surface area contributed by atoms with Crippen LogP contribution in [0.5, 0.6) is 0 Å². The second kappa shape index (κ2) is 4.92. The number of halogens is 1. The molecule has 0 saturated heterocycles. The van der Waals surface area contributed by atoms with Crippen LogP contribution >= 0.6 is 15.9 Å². The standard InChI is InChI=1S/C13H16BrN3/c1-9-4-12(14)5-10(2)13(9)15-6-11-7-16-17(3)8-11/h4-5,7-8,15H,6H2,1-3H3. The number of aryl methyl sites for hydroxylation is 3. The van der Waals surface area contributed by atoms with Crippen molar-refractivity contribution < 1.29 is 0 Å². The number of nitrogens with zero attached hydrogens (tertiary/aromatic N) is 2. The van der Waals surface area contributed by atoms with E-state index in [1.165, 1.54) is 22.4 Å². The second-order valence-corrected chi connectivity index (χ2v) is 5.21. The number of anilines is 1. The molecule has 1 aromatic carbocycles. The molecule has 0 saturated carbocycles. The zero-order valence-corrected chi connectivity index (χ0v) is 11.9. The molecular formula is C13H16BrN3. The van der Waals surface area contributed by atoms with Crippen LogP contribution in [0.4, 0.5) is 5.69 Å². The number of hydrogen-bond donors (Lipinski definition) is 1. The summed E-state index contributed by atoms with van der Waals surface area (Å²) >= 11 is 3.51. The highest BCUT2D eigenvalue weighted by atomic mass is 79.9. The van der Waals surface area contributed by atoms with Crippen LogP contribution in [0.2, 0.25) is 0 Å². The van der Waals surface area contributed by atoms with E-state index in [-0.39, 0.29) is 0 Å². The van der Waals surface area contributed by atoms with Crippen LogP contribution in [0, 0.1) is 13.8 Å². The first kappa shape index (κ1) is 12.2. The van der Waals surface area contributed by atoms with Gasteiger partial charge >= 0.3 is 0 Å². The van der Waals surface area contributed by atoms with E-state index in [0.717, 1.165) is 11.0 Å². The van der Waals surface area contributed by atoms with Crippen LogP contribution in [0.25, 0.3) is 0 Å². The summed E-state index contributed by atoms with van der Waals surface area (Å²) in [7, 11) is 1.93. The van der Waals surface area contributed by atoms with Crippen molar-refractivity contribution >= 4 is 21.6 Å². The van der Waals surface area contributed by atoms with Gasteiger partial charge in [-0.15, -0.1) is 0 Å². The Morgan fingerprint density at radius 3 is 2.47 bits per heavy atom. The van der Waals surface area contributed by atoms with Crippen LogP contribution in [0.3, 0.4) is 0 Å². The van der Waals surface area contributed by atoms with Crippen molar-refractivity contribution in [3.63, 3.8) is 0 Å². The van der Waals surface area contributed by atoms with E-state index in [9.17, 15) is 0 Å². The summed E-state index contributed by atoms with van der Waals surface area (Å²) < 4.78 is 2.94. The summed E-state index contributed by atoms with van der Waals surface area (Å²) in [6.45, 7) is 5.03. The highest BCUT2D eigenvalue weighted by Crippen LogP contribution is 2.25. The molecule has 0 bridgehead atoms. The summed E-state index contributed by atoms with van der Waals surface area (Å²) in [6.07, 6.45) is 3.91. The summed E-state index contributed by atoms with van der Waals surface area (Å²) in [5.41, 5.74) is 4.90. The van der Waals surface area contributed by atoms with Gasteiger partial charge in [-0.2, -0.15) is 5.10 Å². The predicted molar refractivity (Wildman–Crippen MR) is 74.2 cm³/mol. The zero-order valence-electron chi connectivity index (χ0n) is 10.3. The quantitative estimate of drug-likeness (QED) is 0.940. The van der Waals surface area contributed by atoms with Gasteiger partial charge in [0.2, 0.25) is 0 Å². The SMILES string of the molecule is Cc1cc(Br)cc(C)c1NCc1cnn(C)c1. The summed E-state index contributed by atoms with van der Waals surface area (Å²) in [6, 6.07) is 4.25. The molecule has 0 aliphatic rings. The lowest BCUT2D eigenvalue weighted by molar-refractivity contribution is 0.767. The van der Waals surface area contributed by atoms with Gasteiger partial charge in [-0.05, 0) is 37.1 Å². The van der Waals surface area contributed by atoms with Crippen molar-refractivity contribution in [2.24, 2.45) is 7.05 Å². The fourth-order valence-electron chi connectivity index (χ4n) is 1.94.